The Labute approximate surface area is 127 Å². The first-order chi connectivity index (χ1) is 10.3. The number of aromatic nitrogens is 1. The average Bonchev–Trinajstić information content (AvgIpc) is 2.52. The Hall–Kier alpha value is -2.32. The standard InChI is InChI=1S/C14H13ClN6/c15-12-5-4-11(14-10(12)3-1-6-19-14)13(9-16)18-7-2-8-20-21-17/h1,3-6,13,18H,2,7-8H2. The lowest BCUT2D eigenvalue weighted by Crippen LogP contribution is -2.22. The van der Waals surface area contributed by atoms with Gasteiger partial charge in [0.15, 0.2) is 0 Å². The maximum atomic E-state index is 9.36. The highest BCUT2D eigenvalue weighted by molar-refractivity contribution is 6.35. The Morgan fingerprint density at radius 2 is 2.33 bits per heavy atom. The number of hydrogen-bond acceptors (Lipinski definition) is 4. The fourth-order valence-electron chi connectivity index (χ4n) is 2.06. The van der Waals surface area contributed by atoms with Gasteiger partial charge in [0.2, 0.25) is 0 Å². The third-order valence-electron chi connectivity index (χ3n) is 3.03. The minimum absolute atomic E-state index is 0.404. The van der Waals surface area contributed by atoms with Crippen LogP contribution in [0.15, 0.2) is 35.6 Å². The molecule has 2 rings (SSSR count). The lowest BCUT2D eigenvalue weighted by molar-refractivity contribution is 0.609. The van der Waals surface area contributed by atoms with Gasteiger partial charge in [-0.25, -0.2) is 0 Å². The summed E-state index contributed by atoms with van der Waals surface area (Å²) in [5, 5.41) is 17.4. The van der Waals surface area contributed by atoms with Crippen molar-refractivity contribution in [2.24, 2.45) is 5.11 Å². The first kappa shape index (κ1) is 15.1. The molecular weight excluding hydrogens is 288 g/mol. The largest absolute Gasteiger partial charge is 0.298 e. The van der Waals surface area contributed by atoms with Crippen LogP contribution in [0.5, 0.6) is 0 Å². The summed E-state index contributed by atoms with van der Waals surface area (Å²) in [6.07, 6.45) is 2.35. The molecule has 0 aliphatic heterocycles. The van der Waals surface area contributed by atoms with Crippen molar-refractivity contribution in [3.8, 4) is 6.07 Å². The summed E-state index contributed by atoms with van der Waals surface area (Å²) in [6, 6.07) is 9.02. The summed E-state index contributed by atoms with van der Waals surface area (Å²) >= 11 is 6.15. The maximum Gasteiger partial charge on any atom is 0.123 e. The molecular formula is C14H13ClN6. The number of benzene rings is 1. The van der Waals surface area contributed by atoms with Crippen LogP contribution in [0.3, 0.4) is 0 Å². The molecule has 1 heterocycles. The second kappa shape index (κ2) is 7.46. The smallest absolute Gasteiger partial charge is 0.123 e. The van der Waals surface area contributed by atoms with Crippen LogP contribution in [0.1, 0.15) is 18.0 Å². The summed E-state index contributed by atoms with van der Waals surface area (Å²) in [5.74, 6) is 0. The van der Waals surface area contributed by atoms with Crippen LogP contribution in [0.25, 0.3) is 21.3 Å². The number of nitrogens with one attached hydrogen (secondary N) is 1. The SMILES string of the molecule is N#CC(NCCCN=[N+]=[N-])c1ccc(Cl)c2cccnc12. The van der Waals surface area contributed by atoms with E-state index >= 15 is 0 Å². The number of pyridine rings is 1. The molecule has 0 bridgehead atoms. The van der Waals surface area contributed by atoms with Crippen molar-refractivity contribution >= 4 is 22.5 Å². The minimum atomic E-state index is -0.481. The summed E-state index contributed by atoms with van der Waals surface area (Å²) in [6.45, 7) is 0.982. The number of azide groups is 1. The van der Waals surface area contributed by atoms with Gasteiger partial charge in [-0.3, -0.25) is 10.3 Å². The van der Waals surface area contributed by atoms with Crippen LogP contribution in [0.4, 0.5) is 0 Å². The average molecular weight is 301 g/mol. The number of fused-ring (bicyclic) bond motifs is 1. The van der Waals surface area contributed by atoms with Gasteiger partial charge in [0, 0.05) is 33.6 Å². The molecule has 6 nitrogen and oxygen atoms in total. The van der Waals surface area contributed by atoms with Gasteiger partial charge in [0.25, 0.3) is 0 Å². The van der Waals surface area contributed by atoms with Crippen LogP contribution in [0, 0.1) is 11.3 Å². The van der Waals surface area contributed by atoms with Crippen molar-refractivity contribution in [3.63, 3.8) is 0 Å². The topological polar surface area (TPSA) is 97.5 Å². The molecule has 0 radical (unpaired) electrons. The highest BCUT2D eigenvalue weighted by atomic mass is 35.5. The molecule has 0 fully saturated rings. The normalized spacial score (nSPS) is 11.6. The second-order valence-electron chi connectivity index (χ2n) is 4.36. The van der Waals surface area contributed by atoms with E-state index in [1.807, 2.05) is 18.2 Å². The molecule has 1 aromatic carbocycles. The van der Waals surface area contributed by atoms with Gasteiger partial charge in [-0.1, -0.05) is 22.8 Å². The molecule has 1 unspecified atom stereocenters. The van der Waals surface area contributed by atoms with Crippen molar-refractivity contribution in [3.05, 3.63) is 51.5 Å². The van der Waals surface area contributed by atoms with Crippen molar-refractivity contribution in [1.29, 1.82) is 5.26 Å². The van der Waals surface area contributed by atoms with Gasteiger partial charge < -0.3 is 0 Å². The number of halogens is 1. The van der Waals surface area contributed by atoms with Crippen molar-refractivity contribution in [2.75, 3.05) is 13.1 Å². The molecule has 0 saturated carbocycles. The Bertz CT molecular complexity index is 717. The van der Waals surface area contributed by atoms with Gasteiger partial charge in [0.05, 0.1) is 11.6 Å². The number of hydrogen-bond donors (Lipinski definition) is 1. The highest BCUT2D eigenvalue weighted by Gasteiger charge is 2.15. The van der Waals surface area contributed by atoms with Crippen LogP contribution in [-0.4, -0.2) is 18.1 Å². The van der Waals surface area contributed by atoms with E-state index in [2.05, 4.69) is 26.4 Å². The molecule has 1 aromatic heterocycles. The van der Waals surface area contributed by atoms with E-state index in [1.54, 1.807) is 12.3 Å². The zero-order chi connectivity index (χ0) is 15.1. The molecule has 7 heteroatoms. The Balaban J connectivity index is 2.21. The van der Waals surface area contributed by atoms with E-state index < -0.39 is 6.04 Å². The molecule has 0 aliphatic carbocycles. The first-order valence-corrected chi connectivity index (χ1v) is 6.82. The lowest BCUT2D eigenvalue weighted by atomic mass is 10.0. The molecule has 2 aromatic rings. The zero-order valence-electron chi connectivity index (χ0n) is 11.2. The van der Waals surface area contributed by atoms with Crippen LogP contribution < -0.4 is 5.32 Å². The fourth-order valence-corrected chi connectivity index (χ4v) is 2.27. The maximum absolute atomic E-state index is 9.36. The molecule has 1 atom stereocenters. The molecule has 0 aliphatic rings. The highest BCUT2D eigenvalue weighted by Crippen LogP contribution is 2.28. The van der Waals surface area contributed by atoms with Gasteiger partial charge in [-0.05, 0) is 36.7 Å². The second-order valence-corrected chi connectivity index (χ2v) is 4.77. The Kier molecular flexibility index (Phi) is 5.35. The monoisotopic (exact) mass is 300 g/mol. The van der Waals surface area contributed by atoms with Gasteiger partial charge in [-0.15, -0.1) is 0 Å². The summed E-state index contributed by atoms with van der Waals surface area (Å²) in [4.78, 5) is 7.02. The predicted octanol–water partition coefficient (Wildman–Crippen LogP) is 3.74. The van der Waals surface area contributed by atoms with Crippen LogP contribution >= 0.6 is 11.6 Å². The van der Waals surface area contributed by atoms with Crippen molar-refractivity contribution < 1.29 is 0 Å². The molecule has 21 heavy (non-hydrogen) atoms. The predicted molar refractivity (Wildman–Crippen MR) is 81.7 cm³/mol. The van der Waals surface area contributed by atoms with E-state index in [9.17, 15) is 5.26 Å². The number of rotatable bonds is 6. The van der Waals surface area contributed by atoms with Gasteiger partial charge in [-0.2, -0.15) is 5.26 Å². The van der Waals surface area contributed by atoms with Gasteiger partial charge in [0.1, 0.15) is 6.04 Å². The van der Waals surface area contributed by atoms with E-state index in [-0.39, 0.29) is 0 Å². The Morgan fingerprint density at radius 3 is 3.10 bits per heavy atom. The van der Waals surface area contributed by atoms with E-state index in [1.165, 1.54) is 0 Å². The van der Waals surface area contributed by atoms with Crippen molar-refractivity contribution in [1.82, 2.24) is 10.3 Å². The van der Waals surface area contributed by atoms with E-state index in [4.69, 9.17) is 17.1 Å². The minimum Gasteiger partial charge on any atom is -0.298 e. The molecule has 0 saturated heterocycles. The Morgan fingerprint density at radius 1 is 1.48 bits per heavy atom. The number of nitriles is 1. The third kappa shape index (κ3) is 3.61. The molecule has 0 amide bonds. The van der Waals surface area contributed by atoms with Gasteiger partial charge >= 0.3 is 0 Å². The van der Waals surface area contributed by atoms with Crippen LogP contribution in [0.2, 0.25) is 5.02 Å². The summed E-state index contributed by atoms with van der Waals surface area (Å²) in [7, 11) is 0. The third-order valence-corrected chi connectivity index (χ3v) is 3.36. The van der Waals surface area contributed by atoms with E-state index in [0.717, 1.165) is 16.5 Å². The molecule has 0 spiro atoms. The zero-order valence-corrected chi connectivity index (χ0v) is 12.0. The summed E-state index contributed by atoms with van der Waals surface area (Å²) < 4.78 is 0. The van der Waals surface area contributed by atoms with E-state index in [0.29, 0.717) is 24.5 Å². The van der Waals surface area contributed by atoms with Crippen molar-refractivity contribution in [2.45, 2.75) is 12.5 Å². The lowest BCUT2D eigenvalue weighted by Gasteiger charge is -2.14. The molecule has 1 N–H and O–H groups in total. The summed E-state index contributed by atoms with van der Waals surface area (Å²) in [5.41, 5.74) is 9.72. The van der Waals surface area contributed by atoms with Crippen LogP contribution in [-0.2, 0) is 0 Å². The first-order valence-electron chi connectivity index (χ1n) is 6.45. The number of nitrogens with zero attached hydrogens (tertiary/aromatic N) is 5. The quantitative estimate of drug-likeness (QED) is 0.381. The fraction of sp³-hybridized carbons (Fsp3) is 0.286. The molecule has 106 valence electrons.